The molecule has 172 valence electrons. The van der Waals surface area contributed by atoms with Crippen molar-refractivity contribution in [2.24, 2.45) is 5.73 Å². The Morgan fingerprint density at radius 1 is 1.09 bits per heavy atom. The second-order valence-electron chi connectivity index (χ2n) is 7.53. The van der Waals surface area contributed by atoms with Crippen molar-refractivity contribution in [3.05, 3.63) is 81.9 Å². The number of hydrogen-bond donors (Lipinski definition) is 1. The minimum Gasteiger partial charge on any atom is -0.327 e. The highest BCUT2D eigenvalue weighted by molar-refractivity contribution is 7.90. The Balaban J connectivity index is 1.58. The summed E-state index contributed by atoms with van der Waals surface area (Å²) >= 11 is 1.51. The van der Waals surface area contributed by atoms with Crippen LogP contribution in [0, 0.1) is 0 Å². The number of fused-ring (bicyclic) bond motifs is 1. The van der Waals surface area contributed by atoms with E-state index in [1.54, 1.807) is 24.3 Å². The molecule has 11 heteroatoms. The van der Waals surface area contributed by atoms with Crippen LogP contribution in [0.25, 0.3) is 21.2 Å². The van der Waals surface area contributed by atoms with E-state index < -0.39 is 21.6 Å². The van der Waals surface area contributed by atoms with Crippen LogP contribution in [0.2, 0.25) is 0 Å². The molecular weight excluding hydrogens is 470 g/mol. The predicted octanol–water partition coefficient (Wildman–Crippen LogP) is 3.49. The van der Waals surface area contributed by atoms with E-state index in [0.29, 0.717) is 0 Å². The van der Waals surface area contributed by atoms with Crippen molar-refractivity contribution in [1.29, 1.82) is 0 Å². The number of nitrogens with zero attached hydrogens (tertiary/aromatic N) is 3. The van der Waals surface area contributed by atoms with E-state index in [1.807, 2.05) is 24.3 Å². The summed E-state index contributed by atoms with van der Waals surface area (Å²) in [6.45, 7) is -0.438. The van der Waals surface area contributed by atoms with Gasteiger partial charge in [0.15, 0.2) is 9.84 Å². The van der Waals surface area contributed by atoms with Gasteiger partial charge in [0, 0.05) is 28.0 Å². The minimum absolute atomic E-state index is 0.260. The maximum atomic E-state index is 12.8. The number of nitrogens with two attached hydrogens (primary N) is 1. The number of rotatable bonds is 7. The molecule has 0 bridgehead atoms. The lowest BCUT2D eigenvalue weighted by molar-refractivity contribution is 0.400. The van der Waals surface area contributed by atoms with Gasteiger partial charge in [-0.2, -0.15) is 13.9 Å². The van der Waals surface area contributed by atoms with Crippen LogP contribution in [0.3, 0.4) is 0 Å². The Morgan fingerprint density at radius 2 is 1.79 bits per heavy atom. The Kier molecular flexibility index (Phi) is 6.28. The minimum atomic E-state index is -3.26. The van der Waals surface area contributed by atoms with Crippen molar-refractivity contribution in [3.8, 4) is 11.1 Å². The number of aromatic nitrogens is 3. The van der Waals surface area contributed by atoms with Gasteiger partial charge in [-0.3, -0.25) is 4.57 Å². The third kappa shape index (κ3) is 4.95. The van der Waals surface area contributed by atoms with Crippen LogP contribution < -0.4 is 11.4 Å². The summed E-state index contributed by atoms with van der Waals surface area (Å²) in [7, 11) is -3.26. The molecule has 0 aliphatic rings. The Hall–Kier alpha value is -3.15. The topological polar surface area (TPSA) is 100.0 Å². The number of benzene rings is 2. The molecule has 4 rings (SSSR count). The quantitative estimate of drug-likeness (QED) is 0.428. The molecule has 0 radical (unpaired) electrons. The lowest BCUT2D eigenvalue weighted by atomic mass is 10.1. The standard InChI is InChI=1S/C22H20F2N4O3S2/c1-33(30,31)19-6-4-14(5-7-19)15-2-3-16-8-18(32-20(16)9-15)12-27-13-26-28(22(27)29)11-17(10-25)21(23)24/h2-9,13H,10-12,25H2,1H3. The molecule has 0 saturated heterocycles. The van der Waals surface area contributed by atoms with Crippen molar-refractivity contribution in [3.63, 3.8) is 0 Å². The molecule has 0 aliphatic heterocycles. The van der Waals surface area contributed by atoms with Crippen molar-refractivity contribution < 1.29 is 17.2 Å². The third-order valence-corrected chi connectivity index (χ3v) is 7.38. The summed E-state index contributed by atoms with van der Waals surface area (Å²) in [6, 6.07) is 14.6. The molecule has 4 aromatic rings. The maximum absolute atomic E-state index is 12.8. The van der Waals surface area contributed by atoms with Crippen LogP contribution in [0.15, 0.2) is 76.2 Å². The van der Waals surface area contributed by atoms with E-state index in [0.717, 1.165) is 30.8 Å². The zero-order valence-corrected chi connectivity index (χ0v) is 19.2. The van der Waals surface area contributed by atoms with Gasteiger partial charge in [0.25, 0.3) is 6.08 Å². The zero-order chi connectivity index (χ0) is 23.8. The van der Waals surface area contributed by atoms with Gasteiger partial charge in [-0.1, -0.05) is 24.3 Å². The Morgan fingerprint density at radius 3 is 2.42 bits per heavy atom. The molecule has 0 amide bonds. The molecule has 33 heavy (non-hydrogen) atoms. The highest BCUT2D eigenvalue weighted by Gasteiger charge is 2.13. The van der Waals surface area contributed by atoms with E-state index in [2.05, 4.69) is 5.10 Å². The Labute approximate surface area is 192 Å². The second kappa shape index (κ2) is 9.00. The second-order valence-corrected chi connectivity index (χ2v) is 10.7. The van der Waals surface area contributed by atoms with Crippen LogP contribution in [-0.2, 0) is 22.9 Å². The summed E-state index contributed by atoms with van der Waals surface area (Å²) in [5, 5.41) is 4.92. The molecule has 0 saturated carbocycles. The Bertz CT molecular complexity index is 1510. The van der Waals surface area contributed by atoms with Gasteiger partial charge < -0.3 is 5.73 Å². The fourth-order valence-corrected chi connectivity index (χ4v) is 5.11. The molecule has 0 spiro atoms. The van der Waals surface area contributed by atoms with E-state index in [1.165, 1.54) is 28.5 Å². The molecule has 0 fully saturated rings. The van der Waals surface area contributed by atoms with Crippen molar-refractivity contribution >= 4 is 31.3 Å². The van der Waals surface area contributed by atoms with E-state index in [9.17, 15) is 22.0 Å². The summed E-state index contributed by atoms with van der Waals surface area (Å²) in [4.78, 5) is 13.7. The number of hydrogen-bond acceptors (Lipinski definition) is 6. The summed E-state index contributed by atoms with van der Waals surface area (Å²) < 4.78 is 52.3. The number of halogens is 2. The maximum Gasteiger partial charge on any atom is 0.346 e. The molecule has 2 aromatic heterocycles. The van der Waals surface area contributed by atoms with Crippen LogP contribution in [0.4, 0.5) is 8.78 Å². The SMILES string of the molecule is CS(=O)(=O)c1ccc(-c2ccc3cc(Cn4cnn(CC(CN)=C(F)F)c4=O)sc3c2)cc1. The van der Waals surface area contributed by atoms with Gasteiger partial charge in [-0.05, 0) is 40.8 Å². The first-order chi connectivity index (χ1) is 15.7. The van der Waals surface area contributed by atoms with E-state index >= 15 is 0 Å². The van der Waals surface area contributed by atoms with Gasteiger partial charge in [0.2, 0.25) is 0 Å². The smallest absolute Gasteiger partial charge is 0.327 e. The average molecular weight is 491 g/mol. The summed E-state index contributed by atoms with van der Waals surface area (Å²) in [6.07, 6.45) is 0.597. The van der Waals surface area contributed by atoms with Gasteiger partial charge in [-0.25, -0.2) is 17.9 Å². The largest absolute Gasteiger partial charge is 0.346 e. The number of thiophene rings is 1. The van der Waals surface area contributed by atoms with Crippen molar-refractivity contribution in [2.45, 2.75) is 18.0 Å². The molecule has 0 atom stereocenters. The third-order valence-electron chi connectivity index (χ3n) is 5.16. The molecular formula is C22H20F2N4O3S2. The van der Waals surface area contributed by atoms with Gasteiger partial charge >= 0.3 is 5.69 Å². The first kappa shape index (κ1) is 23.0. The lowest BCUT2D eigenvalue weighted by Gasteiger charge is -2.03. The van der Waals surface area contributed by atoms with Crippen LogP contribution >= 0.6 is 11.3 Å². The molecule has 0 aliphatic carbocycles. The van der Waals surface area contributed by atoms with Crippen LogP contribution in [-0.4, -0.2) is 35.6 Å². The first-order valence-electron chi connectivity index (χ1n) is 9.84. The summed E-state index contributed by atoms with van der Waals surface area (Å²) in [5.41, 5.74) is 6.32. The highest BCUT2D eigenvalue weighted by Crippen LogP contribution is 2.31. The van der Waals surface area contributed by atoms with Crippen molar-refractivity contribution in [2.75, 3.05) is 12.8 Å². The zero-order valence-electron chi connectivity index (χ0n) is 17.5. The van der Waals surface area contributed by atoms with Gasteiger partial charge in [-0.15, -0.1) is 11.3 Å². The predicted molar refractivity (Wildman–Crippen MR) is 124 cm³/mol. The fraction of sp³-hybridized carbons (Fsp3) is 0.182. The lowest BCUT2D eigenvalue weighted by Crippen LogP contribution is -2.27. The molecule has 2 N–H and O–H groups in total. The van der Waals surface area contributed by atoms with Crippen LogP contribution in [0.1, 0.15) is 4.88 Å². The van der Waals surface area contributed by atoms with E-state index in [4.69, 9.17) is 5.73 Å². The average Bonchev–Trinajstić information content (AvgIpc) is 3.33. The molecule has 0 unspecified atom stereocenters. The van der Waals surface area contributed by atoms with Crippen molar-refractivity contribution in [1.82, 2.24) is 14.3 Å². The van der Waals surface area contributed by atoms with E-state index in [-0.39, 0.29) is 30.1 Å². The molecule has 7 nitrogen and oxygen atoms in total. The molecule has 2 aromatic carbocycles. The first-order valence-corrected chi connectivity index (χ1v) is 12.5. The fourth-order valence-electron chi connectivity index (χ4n) is 3.38. The monoisotopic (exact) mass is 490 g/mol. The highest BCUT2D eigenvalue weighted by atomic mass is 32.2. The van der Waals surface area contributed by atoms with Gasteiger partial charge in [0.1, 0.15) is 6.33 Å². The number of sulfone groups is 1. The normalized spacial score (nSPS) is 11.8. The van der Waals surface area contributed by atoms with Crippen LogP contribution in [0.5, 0.6) is 0 Å². The van der Waals surface area contributed by atoms with Gasteiger partial charge in [0.05, 0.1) is 18.0 Å². The molecule has 2 heterocycles. The summed E-state index contributed by atoms with van der Waals surface area (Å²) in [5.74, 6) is 0.